The fourth-order valence-corrected chi connectivity index (χ4v) is 2.41. The molecule has 4 nitrogen and oxygen atoms in total. The summed E-state index contributed by atoms with van der Waals surface area (Å²) in [7, 11) is 0. The Morgan fingerprint density at radius 3 is 2.45 bits per heavy atom. The van der Waals surface area contributed by atoms with Crippen LogP contribution < -0.4 is 4.74 Å². The minimum Gasteiger partial charge on any atom is -0.504 e. The summed E-state index contributed by atoms with van der Waals surface area (Å²) >= 11 is 0. The monoisotopic (exact) mass is 280 g/mol. The molecular formula is C16H24O4. The van der Waals surface area contributed by atoms with Gasteiger partial charge in [0.25, 0.3) is 0 Å². The summed E-state index contributed by atoms with van der Waals surface area (Å²) in [5.41, 5.74) is 2.92. The van der Waals surface area contributed by atoms with E-state index in [-0.39, 0.29) is 11.5 Å². The highest BCUT2D eigenvalue weighted by atomic mass is 16.7. The van der Waals surface area contributed by atoms with Crippen LogP contribution in [0.3, 0.4) is 0 Å². The molecule has 2 N–H and O–H groups in total. The molecule has 4 heteroatoms. The van der Waals surface area contributed by atoms with Gasteiger partial charge in [-0.3, -0.25) is 0 Å². The number of aryl methyl sites for hydroxylation is 1. The van der Waals surface area contributed by atoms with Gasteiger partial charge in [-0.25, -0.2) is 4.79 Å². The summed E-state index contributed by atoms with van der Waals surface area (Å²) in [5.74, 6) is 0.0176. The van der Waals surface area contributed by atoms with Crippen LogP contribution in [0.15, 0.2) is 6.07 Å². The summed E-state index contributed by atoms with van der Waals surface area (Å²) in [5, 5.41) is 18.9. The molecule has 0 saturated heterocycles. The zero-order valence-corrected chi connectivity index (χ0v) is 12.5. The van der Waals surface area contributed by atoms with Gasteiger partial charge in [0.05, 0.1) is 0 Å². The van der Waals surface area contributed by atoms with Gasteiger partial charge in [0.1, 0.15) is 0 Å². The Kier molecular flexibility index (Phi) is 6.36. The lowest BCUT2D eigenvalue weighted by Crippen LogP contribution is -2.06. The Morgan fingerprint density at radius 2 is 1.90 bits per heavy atom. The average molecular weight is 280 g/mol. The first-order valence-electron chi connectivity index (χ1n) is 7.26. The topological polar surface area (TPSA) is 66.8 Å². The SMILES string of the molecule is CCCCCc1cc(OC(=O)O)c(O)c(CCC)c1C. The number of unbranched alkanes of at least 4 members (excludes halogenated alkanes) is 2. The van der Waals surface area contributed by atoms with E-state index in [0.717, 1.165) is 55.2 Å². The molecule has 0 aromatic heterocycles. The smallest absolute Gasteiger partial charge is 0.504 e. The van der Waals surface area contributed by atoms with Gasteiger partial charge >= 0.3 is 6.16 Å². The van der Waals surface area contributed by atoms with E-state index in [1.54, 1.807) is 6.07 Å². The van der Waals surface area contributed by atoms with Crippen molar-refractivity contribution in [1.82, 2.24) is 0 Å². The van der Waals surface area contributed by atoms with Crippen molar-refractivity contribution in [2.24, 2.45) is 0 Å². The largest absolute Gasteiger partial charge is 0.511 e. The number of carboxylic acid groups (broad SMARTS) is 1. The van der Waals surface area contributed by atoms with Gasteiger partial charge in [-0.2, -0.15) is 0 Å². The third kappa shape index (κ3) is 4.15. The minimum atomic E-state index is -1.40. The molecule has 0 heterocycles. The molecule has 0 saturated carbocycles. The normalized spacial score (nSPS) is 10.6. The zero-order valence-electron chi connectivity index (χ0n) is 12.5. The van der Waals surface area contributed by atoms with E-state index in [9.17, 15) is 9.90 Å². The van der Waals surface area contributed by atoms with Crippen LogP contribution in [0.25, 0.3) is 0 Å². The number of hydrogen-bond acceptors (Lipinski definition) is 3. The summed E-state index contributed by atoms with van der Waals surface area (Å²) in [6.07, 6.45) is 4.42. The van der Waals surface area contributed by atoms with Crippen molar-refractivity contribution in [2.45, 2.75) is 59.3 Å². The van der Waals surface area contributed by atoms with E-state index >= 15 is 0 Å². The van der Waals surface area contributed by atoms with Crippen molar-refractivity contribution >= 4 is 6.16 Å². The van der Waals surface area contributed by atoms with Crippen LogP contribution in [0.1, 0.15) is 56.2 Å². The first-order valence-corrected chi connectivity index (χ1v) is 7.26. The van der Waals surface area contributed by atoms with Gasteiger partial charge in [-0.1, -0.05) is 33.1 Å². The average Bonchev–Trinajstić information content (AvgIpc) is 2.39. The predicted octanol–water partition coefficient (Wildman–Crippen LogP) is 4.44. The van der Waals surface area contributed by atoms with E-state index in [4.69, 9.17) is 9.84 Å². The molecule has 0 aliphatic carbocycles. The van der Waals surface area contributed by atoms with Crippen molar-refractivity contribution < 1.29 is 19.7 Å². The Morgan fingerprint density at radius 1 is 1.20 bits per heavy atom. The number of rotatable bonds is 7. The number of hydrogen-bond donors (Lipinski definition) is 2. The Balaban J connectivity index is 3.14. The first-order chi connectivity index (χ1) is 9.51. The highest BCUT2D eigenvalue weighted by Gasteiger charge is 2.17. The van der Waals surface area contributed by atoms with Gasteiger partial charge < -0.3 is 14.9 Å². The van der Waals surface area contributed by atoms with Crippen LogP contribution in [0.5, 0.6) is 11.5 Å². The van der Waals surface area contributed by atoms with Crippen LogP contribution >= 0.6 is 0 Å². The fraction of sp³-hybridized carbons (Fsp3) is 0.562. The zero-order chi connectivity index (χ0) is 15.1. The third-order valence-corrected chi connectivity index (χ3v) is 3.51. The van der Waals surface area contributed by atoms with E-state index in [2.05, 4.69) is 6.92 Å². The standard InChI is InChI=1S/C16H24O4/c1-4-6-7-9-12-10-14(20-16(18)19)15(17)13(8-5-2)11(12)3/h10,17H,4-9H2,1-3H3,(H,18,19). The maximum atomic E-state index is 10.7. The molecule has 0 aliphatic heterocycles. The van der Waals surface area contributed by atoms with Gasteiger partial charge in [0, 0.05) is 5.56 Å². The number of carbonyl (C=O) groups is 1. The second-order valence-corrected chi connectivity index (χ2v) is 5.06. The summed E-state index contributed by atoms with van der Waals surface area (Å²) in [6.45, 7) is 6.15. The molecule has 20 heavy (non-hydrogen) atoms. The molecule has 0 bridgehead atoms. The van der Waals surface area contributed by atoms with Crippen LogP contribution in [-0.4, -0.2) is 16.4 Å². The maximum Gasteiger partial charge on any atom is 0.511 e. The lowest BCUT2D eigenvalue weighted by molar-refractivity contribution is 0.142. The Hall–Kier alpha value is -1.71. The van der Waals surface area contributed by atoms with Crippen LogP contribution in [0, 0.1) is 6.92 Å². The lowest BCUT2D eigenvalue weighted by atomic mass is 9.94. The Labute approximate surface area is 120 Å². The number of phenols is 1. The summed E-state index contributed by atoms with van der Waals surface area (Å²) < 4.78 is 4.70. The first kappa shape index (κ1) is 16.3. The van der Waals surface area contributed by atoms with Crippen molar-refractivity contribution in [3.05, 3.63) is 22.8 Å². The maximum absolute atomic E-state index is 10.7. The van der Waals surface area contributed by atoms with Crippen molar-refractivity contribution in [1.29, 1.82) is 0 Å². The van der Waals surface area contributed by atoms with Gasteiger partial charge in [-0.05, 0) is 43.4 Å². The van der Waals surface area contributed by atoms with Crippen molar-refractivity contribution in [2.75, 3.05) is 0 Å². The second kappa shape index (κ2) is 7.78. The van der Waals surface area contributed by atoms with Crippen LogP contribution in [0.4, 0.5) is 4.79 Å². The Bertz CT molecular complexity index is 466. The molecule has 0 radical (unpaired) electrons. The van der Waals surface area contributed by atoms with Crippen LogP contribution in [-0.2, 0) is 12.8 Å². The van der Waals surface area contributed by atoms with Gasteiger partial charge in [-0.15, -0.1) is 0 Å². The summed E-state index contributed by atoms with van der Waals surface area (Å²) in [4.78, 5) is 10.7. The highest BCUT2D eigenvalue weighted by molar-refractivity contribution is 5.65. The quantitative estimate of drug-likeness (QED) is 0.440. The van der Waals surface area contributed by atoms with E-state index < -0.39 is 6.16 Å². The third-order valence-electron chi connectivity index (χ3n) is 3.51. The van der Waals surface area contributed by atoms with Crippen molar-refractivity contribution in [3.8, 4) is 11.5 Å². The predicted molar refractivity (Wildman–Crippen MR) is 78.7 cm³/mol. The highest BCUT2D eigenvalue weighted by Crippen LogP contribution is 2.36. The molecular weight excluding hydrogens is 256 g/mol. The minimum absolute atomic E-state index is 0.0361. The van der Waals surface area contributed by atoms with E-state index in [1.807, 2.05) is 13.8 Å². The number of phenolic OH excluding ortho intramolecular Hbond substituents is 1. The molecule has 0 atom stereocenters. The molecule has 1 aromatic carbocycles. The lowest BCUT2D eigenvalue weighted by Gasteiger charge is -2.16. The number of benzene rings is 1. The molecule has 1 rings (SSSR count). The second-order valence-electron chi connectivity index (χ2n) is 5.06. The molecule has 112 valence electrons. The summed E-state index contributed by atoms with van der Waals surface area (Å²) in [6, 6.07) is 1.66. The van der Waals surface area contributed by atoms with Crippen molar-refractivity contribution in [3.63, 3.8) is 0 Å². The molecule has 0 amide bonds. The molecule has 0 unspecified atom stereocenters. The number of ether oxygens (including phenoxy) is 1. The van der Waals surface area contributed by atoms with E-state index in [0.29, 0.717) is 0 Å². The molecule has 1 aromatic rings. The molecule has 0 aliphatic rings. The van der Waals surface area contributed by atoms with Crippen LogP contribution in [0.2, 0.25) is 0 Å². The number of aromatic hydroxyl groups is 1. The van der Waals surface area contributed by atoms with E-state index in [1.165, 1.54) is 0 Å². The molecule has 0 fully saturated rings. The van der Waals surface area contributed by atoms with Gasteiger partial charge in [0.15, 0.2) is 11.5 Å². The van der Waals surface area contributed by atoms with Gasteiger partial charge in [0.2, 0.25) is 0 Å². The fourth-order valence-electron chi connectivity index (χ4n) is 2.41. The molecule has 0 spiro atoms.